The van der Waals surface area contributed by atoms with Gasteiger partial charge in [0.25, 0.3) is 0 Å². The van der Waals surface area contributed by atoms with Gasteiger partial charge in [0.15, 0.2) is 0 Å². The first-order valence-electron chi connectivity index (χ1n) is 15.7. The number of hydrogen-bond acceptors (Lipinski definition) is 5. The molecule has 2 aromatic heterocycles. The van der Waals surface area contributed by atoms with Crippen molar-refractivity contribution in [1.82, 2.24) is 4.98 Å². The van der Waals surface area contributed by atoms with Crippen molar-refractivity contribution in [1.29, 1.82) is 0 Å². The molecule has 0 aliphatic rings. The second-order valence-electron chi connectivity index (χ2n) is 11.7. The fourth-order valence-corrected chi connectivity index (χ4v) is 6.65. The Balaban J connectivity index is 1.25. The minimum atomic E-state index is -1.02. The molecular weight excluding hydrogens is 586 g/mol. The van der Waals surface area contributed by atoms with Crippen LogP contribution in [0.4, 0.5) is 5.69 Å². The van der Waals surface area contributed by atoms with Gasteiger partial charge in [0.05, 0.1) is 48.9 Å². The maximum atomic E-state index is 11.6. The number of nitrogens with one attached hydrogen (secondary N) is 2. The highest BCUT2D eigenvalue weighted by Crippen LogP contribution is 2.42. The van der Waals surface area contributed by atoms with Crippen LogP contribution in [0.2, 0.25) is 0 Å². The Morgan fingerprint density at radius 1 is 0.702 bits per heavy atom. The Kier molecular flexibility index (Phi) is 8.24. The van der Waals surface area contributed by atoms with Gasteiger partial charge in [0, 0.05) is 12.6 Å². The number of aliphatic hydroxyl groups is 1. The number of pyridine rings is 1. The molecule has 7 nitrogen and oxygen atoms in total. The van der Waals surface area contributed by atoms with E-state index in [0.29, 0.717) is 0 Å². The summed E-state index contributed by atoms with van der Waals surface area (Å²) in [5.41, 5.74) is 6.96. The van der Waals surface area contributed by atoms with E-state index in [1.165, 1.54) is 0 Å². The predicted octanol–water partition coefficient (Wildman–Crippen LogP) is 7.10. The van der Waals surface area contributed by atoms with E-state index in [9.17, 15) is 5.11 Å². The van der Waals surface area contributed by atoms with Crippen molar-refractivity contribution in [3.05, 3.63) is 144 Å². The molecule has 47 heavy (non-hydrogen) atoms. The number of benzene rings is 5. The summed E-state index contributed by atoms with van der Waals surface area (Å²) in [6.45, 7) is 0.340. The maximum absolute atomic E-state index is 11.6. The van der Waals surface area contributed by atoms with Crippen molar-refractivity contribution in [2.24, 2.45) is 7.05 Å². The molecule has 236 valence electrons. The summed E-state index contributed by atoms with van der Waals surface area (Å²) >= 11 is 0. The molecule has 1 atom stereocenters. The van der Waals surface area contributed by atoms with Crippen molar-refractivity contribution in [2.45, 2.75) is 11.7 Å². The number of methoxy groups -OCH3 is 2. The van der Waals surface area contributed by atoms with E-state index in [4.69, 9.17) is 14.2 Å². The van der Waals surface area contributed by atoms with Crippen LogP contribution in [0, 0.1) is 0 Å². The number of aryl methyl sites for hydroxylation is 1. The van der Waals surface area contributed by atoms with Crippen molar-refractivity contribution < 1.29 is 23.9 Å². The number of rotatable bonds is 11. The minimum Gasteiger partial charge on any atom is -0.497 e. The Labute approximate surface area is 274 Å². The van der Waals surface area contributed by atoms with Crippen LogP contribution in [-0.4, -0.2) is 43.6 Å². The Morgan fingerprint density at radius 2 is 1.26 bits per heavy atom. The first kappa shape index (κ1) is 30.3. The van der Waals surface area contributed by atoms with Crippen LogP contribution < -0.4 is 19.4 Å². The summed E-state index contributed by atoms with van der Waals surface area (Å²) in [7, 11) is 5.41. The van der Waals surface area contributed by atoms with Crippen LogP contribution >= 0.6 is 0 Å². The average Bonchev–Trinajstić information content (AvgIpc) is 3.52. The SMILES string of the molecule is COc1ccc(C(OC[C@@H](O)CNc2c3ccccc3[n+](C)c3c2[nH]c2ccccc23)(c2ccccc2)c2ccc(OC)cc2)cc1. The van der Waals surface area contributed by atoms with E-state index in [-0.39, 0.29) is 13.2 Å². The molecule has 0 spiro atoms. The highest BCUT2D eigenvalue weighted by atomic mass is 16.5. The third-order valence-corrected chi connectivity index (χ3v) is 8.98. The number of H-pyrrole nitrogens is 1. The first-order valence-corrected chi connectivity index (χ1v) is 15.7. The van der Waals surface area contributed by atoms with Crippen molar-refractivity contribution >= 4 is 38.5 Å². The molecule has 0 aliphatic heterocycles. The fraction of sp³-hybridized carbons (Fsp3) is 0.175. The number of aromatic amines is 1. The van der Waals surface area contributed by atoms with Crippen LogP contribution in [0.5, 0.6) is 11.5 Å². The third kappa shape index (κ3) is 5.43. The summed E-state index contributed by atoms with van der Waals surface area (Å²) < 4.78 is 20.1. The van der Waals surface area contributed by atoms with Gasteiger partial charge in [-0.1, -0.05) is 78.9 Å². The van der Waals surface area contributed by atoms with E-state index in [1.807, 2.05) is 78.9 Å². The zero-order valence-electron chi connectivity index (χ0n) is 26.7. The molecule has 7 aromatic rings. The molecule has 7 heteroatoms. The van der Waals surface area contributed by atoms with Gasteiger partial charge in [-0.2, -0.15) is 4.57 Å². The number of aromatic nitrogens is 2. The van der Waals surface area contributed by atoms with E-state index in [2.05, 4.69) is 70.4 Å². The minimum absolute atomic E-state index is 0.0638. The molecule has 0 aliphatic carbocycles. The van der Waals surface area contributed by atoms with Gasteiger partial charge in [0.1, 0.15) is 29.7 Å². The maximum Gasteiger partial charge on any atom is 0.240 e. The number of fused-ring (bicyclic) bond motifs is 4. The van der Waals surface area contributed by atoms with Crippen LogP contribution in [0.25, 0.3) is 32.8 Å². The molecule has 3 N–H and O–H groups in total. The van der Waals surface area contributed by atoms with Gasteiger partial charge in [0.2, 0.25) is 11.0 Å². The third-order valence-electron chi connectivity index (χ3n) is 8.98. The van der Waals surface area contributed by atoms with Crippen LogP contribution in [0.3, 0.4) is 0 Å². The molecule has 7 rings (SSSR count). The number of anilines is 1. The standard InChI is InChI=1S/C40H37N3O4/c1-43-36-16-10-8-14-34(36)37(38-39(43)33-13-7-9-15-35(33)42-38)41-25-30(44)26-47-40(27-11-5-4-6-12-27,28-17-21-31(45-2)22-18-28)29-19-23-32(46-3)24-20-29/h4-24,30,44H,25-26H2,1-3H3,(H,41,42)/p+1/t30-/m0/s1. The number of hydrogen-bond donors (Lipinski definition) is 3. The molecule has 0 unspecified atom stereocenters. The molecular formula is C40H38N3O4+. The monoisotopic (exact) mass is 624 g/mol. The smallest absolute Gasteiger partial charge is 0.240 e. The number of ether oxygens (including phenoxy) is 3. The summed E-state index contributed by atoms with van der Waals surface area (Å²) in [6.07, 6.45) is -0.832. The molecule has 0 fully saturated rings. The number of aliphatic hydroxyl groups excluding tert-OH is 1. The lowest BCUT2D eigenvalue weighted by Gasteiger charge is -2.36. The molecule has 5 aromatic carbocycles. The van der Waals surface area contributed by atoms with Gasteiger partial charge >= 0.3 is 0 Å². The Morgan fingerprint density at radius 3 is 1.89 bits per heavy atom. The van der Waals surface area contributed by atoms with Crippen LogP contribution in [0.15, 0.2) is 127 Å². The summed E-state index contributed by atoms with van der Waals surface area (Å²) in [6, 6.07) is 42.6. The van der Waals surface area contributed by atoms with E-state index >= 15 is 0 Å². The highest BCUT2D eigenvalue weighted by Gasteiger charge is 2.38. The summed E-state index contributed by atoms with van der Waals surface area (Å²) in [4.78, 5) is 3.63. The normalized spacial score (nSPS) is 12.4. The second-order valence-corrected chi connectivity index (χ2v) is 11.7. The molecule has 2 heterocycles. The Hall–Kier alpha value is -5.37. The number of nitrogens with zero attached hydrogens (tertiary/aromatic N) is 1. The van der Waals surface area contributed by atoms with Crippen LogP contribution in [-0.2, 0) is 17.4 Å². The molecule has 0 amide bonds. The van der Waals surface area contributed by atoms with Gasteiger partial charge < -0.3 is 29.6 Å². The summed E-state index contributed by atoms with van der Waals surface area (Å²) in [5.74, 6) is 1.50. The quantitative estimate of drug-likeness (QED) is 0.106. The molecule has 0 saturated carbocycles. The van der Waals surface area contributed by atoms with Gasteiger partial charge in [-0.05, 0) is 59.2 Å². The van der Waals surface area contributed by atoms with E-state index in [1.54, 1.807) is 14.2 Å². The average molecular weight is 625 g/mol. The zero-order chi connectivity index (χ0) is 32.4. The van der Waals surface area contributed by atoms with Crippen molar-refractivity contribution in [3.8, 4) is 11.5 Å². The fourth-order valence-electron chi connectivity index (χ4n) is 6.65. The largest absolute Gasteiger partial charge is 0.497 e. The van der Waals surface area contributed by atoms with Gasteiger partial charge in [-0.25, -0.2) is 0 Å². The van der Waals surface area contributed by atoms with Crippen molar-refractivity contribution in [3.63, 3.8) is 0 Å². The van der Waals surface area contributed by atoms with E-state index < -0.39 is 11.7 Å². The first-order chi connectivity index (χ1) is 23.0. The molecule has 0 bridgehead atoms. The number of para-hydroxylation sites is 2. The van der Waals surface area contributed by atoms with Gasteiger partial charge in [-0.3, -0.25) is 0 Å². The lowest BCUT2D eigenvalue weighted by atomic mass is 9.80. The molecule has 0 radical (unpaired) electrons. The zero-order valence-corrected chi connectivity index (χ0v) is 26.7. The lowest BCUT2D eigenvalue weighted by molar-refractivity contribution is -0.616. The second kappa shape index (κ2) is 12.8. The summed E-state index contributed by atoms with van der Waals surface area (Å²) in [5, 5.41) is 17.4. The van der Waals surface area contributed by atoms with E-state index in [0.717, 1.165) is 66.7 Å². The molecule has 0 saturated heterocycles. The predicted molar refractivity (Wildman–Crippen MR) is 187 cm³/mol. The highest BCUT2D eigenvalue weighted by molar-refractivity contribution is 6.13. The van der Waals surface area contributed by atoms with Gasteiger partial charge in [-0.15, -0.1) is 0 Å². The van der Waals surface area contributed by atoms with Crippen LogP contribution in [0.1, 0.15) is 16.7 Å². The topological polar surface area (TPSA) is 79.6 Å². The Bertz CT molecular complexity index is 2090. The lowest BCUT2D eigenvalue weighted by Crippen LogP contribution is -2.37. The van der Waals surface area contributed by atoms with Crippen molar-refractivity contribution in [2.75, 3.05) is 32.7 Å².